The fourth-order valence-corrected chi connectivity index (χ4v) is 6.30. The molecule has 7 nitrogen and oxygen atoms in total. The van der Waals surface area contributed by atoms with Gasteiger partial charge in [-0.2, -0.15) is 0 Å². The average molecular weight is 522 g/mol. The van der Waals surface area contributed by atoms with Crippen LogP contribution in [0.5, 0.6) is 0 Å². The zero-order valence-electron chi connectivity index (χ0n) is 19.8. The van der Waals surface area contributed by atoms with E-state index in [0.717, 1.165) is 61.0 Å². The topological polar surface area (TPSA) is 75.2 Å². The van der Waals surface area contributed by atoms with Gasteiger partial charge in [0.25, 0.3) is 0 Å². The number of rotatable bonds is 7. The summed E-state index contributed by atoms with van der Waals surface area (Å²) in [5, 5.41) is 18.0. The summed E-state index contributed by atoms with van der Waals surface area (Å²) in [4.78, 5) is 9.36. The van der Waals surface area contributed by atoms with E-state index in [2.05, 4.69) is 74.0 Å². The first-order chi connectivity index (χ1) is 16.6. The van der Waals surface area contributed by atoms with E-state index in [9.17, 15) is 0 Å². The molecule has 1 saturated heterocycles. The molecule has 176 valence electrons. The number of hydrogen-bond acceptors (Lipinski definition) is 7. The van der Waals surface area contributed by atoms with Crippen molar-refractivity contribution in [2.75, 3.05) is 43.6 Å². The van der Waals surface area contributed by atoms with Gasteiger partial charge in [0.1, 0.15) is 0 Å². The molecule has 3 aromatic heterocycles. The van der Waals surface area contributed by atoms with Crippen molar-refractivity contribution in [2.24, 2.45) is 0 Å². The van der Waals surface area contributed by atoms with Crippen molar-refractivity contribution in [3.63, 3.8) is 0 Å². The van der Waals surface area contributed by atoms with Crippen LogP contribution in [0, 0.1) is 6.92 Å². The third-order valence-corrected chi connectivity index (χ3v) is 8.60. The van der Waals surface area contributed by atoms with E-state index in [1.807, 2.05) is 20.2 Å². The Hall–Kier alpha value is -2.77. The van der Waals surface area contributed by atoms with Crippen molar-refractivity contribution in [2.45, 2.75) is 26.4 Å². The molecule has 0 saturated carbocycles. The molecule has 1 atom stereocenters. The molecule has 0 bridgehead atoms. The minimum atomic E-state index is 0.158. The van der Waals surface area contributed by atoms with Crippen LogP contribution in [0.15, 0.2) is 47.5 Å². The molecule has 1 aliphatic heterocycles. The Morgan fingerprint density at radius 2 is 1.94 bits per heavy atom. The van der Waals surface area contributed by atoms with Crippen LogP contribution in [0.1, 0.15) is 28.7 Å². The number of nitrogens with one attached hydrogen (secondary N) is 2. The third-order valence-electron chi connectivity index (χ3n) is 6.26. The molecule has 34 heavy (non-hydrogen) atoms. The SMILES string of the molecule is CNCc1ccccc1-c1c[se]c([C@@H](C)Nc2nnc(C)c3cnc(N4CCOCC4)cc23)c1. The van der Waals surface area contributed by atoms with E-state index >= 15 is 0 Å². The second-order valence-electron chi connectivity index (χ2n) is 8.61. The number of aromatic nitrogens is 3. The van der Waals surface area contributed by atoms with Gasteiger partial charge >= 0.3 is 207 Å². The first-order valence-corrected chi connectivity index (χ1v) is 13.5. The van der Waals surface area contributed by atoms with E-state index < -0.39 is 0 Å². The number of pyridine rings is 1. The van der Waals surface area contributed by atoms with E-state index in [1.54, 1.807) is 0 Å². The van der Waals surface area contributed by atoms with Crippen LogP contribution in [-0.2, 0) is 11.3 Å². The van der Waals surface area contributed by atoms with Crippen molar-refractivity contribution >= 4 is 36.9 Å². The first-order valence-electron chi connectivity index (χ1n) is 11.7. The molecule has 8 heteroatoms. The second-order valence-corrected chi connectivity index (χ2v) is 10.6. The van der Waals surface area contributed by atoms with Crippen molar-refractivity contribution in [1.29, 1.82) is 0 Å². The molecule has 4 heterocycles. The van der Waals surface area contributed by atoms with Gasteiger partial charge in [-0.05, 0) is 0 Å². The van der Waals surface area contributed by atoms with E-state index in [1.165, 1.54) is 21.1 Å². The number of hydrogen-bond donors (Lipinski definition) is 2. The van der Waals surface area contributed by atoms with Crippen molar-refractivity contribution in [3.05, 3.63) is 63.2 Å². The predicted octanol–water partition coefficient (Wildman–Crippen LogP) is 3.79. The monoisotopic (exact) mass is 522 g/mol. The van der Waals surface area contributed by atoms with E-state index in [-0.39, 0.29) is 6.04 Å². The van der Waals surface area contributed by atoms with Gasteiger partial charge in [-0.25, -0.2) is 0 Å². The Labute approximate surface area is 206 Å². The van der Waals surface area contributed by atoms with Gasteiger partial charge in [-0.15, -0.1) is 0 Å². The molecule has 0 spiro atoms. The van der Waals surface area contributed by atoms with Crippen LogP contribution in [0.3, 0.4) is 0 Å². The van der Waals surface area contributed by atoms with Gasteiger partial charge < -0.3 is 0 Å². The van der Waals surface area contributed by atoms with Crippen LogP contribution in [-0.4, -0.2) is 63.0 Å². The summed E-state index contributed by atoms with van der Waals surface area (Å²) in [7, 11) is 1.99. The van der Waals surface area contributed by atoms with Gasteiger partial charge in [0.05, 0.1) is 0 Å². The summed E-state index contributed by atoms with van der Waals surface area (Å²) in [5.41, 5.74) is 4.84. The van der Waals surface area contributed by atoms with E-state index in [0.29, 0.717) is 14.5 Å². The van der Waals surface area contributed by atoms with Crippen LogP contribution >= 0.6 is 0 Å². The molecule has 0 unspecified atom stereocenters. The predicted molar refractivity (Wildman–Crippen MR) is 139 cm³/mol. The Morgan fingerprint density at radius 1 is 1.12 bits per heavy atom. The number of morpholine rings is 1. The number of aryl methyl sites for hydroxylation is 1. The number of benzene rings is 1. The van der Waals surface area contributed by atoms with Crippen LogP contribution < -0.4 is 15.5 Å². The maximum absolute atomic E-state index is 5.51. The summed E-state index contributed by atoms with van der Waals surface area (Å²) in [5.74, 6) is 1.78. The van der Waals surface area contributed by atoms with Crippen molar-refractivity contribution < 1.29 is 4.74 Å². The zero-order chi connectivity index (χ0) is 23.5. The molecule has 5 rings (SSSR count). The number of fused-ring (bicyclic) bond motifs is 1. The summed E-state index contributed by atoms with van der Waals surface area (Å²) in [6.45, 7) is 8.24. The molecule has 1 fully saturated rings. The first kappa shape index (κ1) is 23.0. The van der Waals surface area contributed by atoms with Gasteiger partial charge in [0.15, 0.2) is 0 Å². The summed E-state index contributed by atoms with van der Waals surface area (Å²) >= 11 is 0.295. The molecule has 2 N–H and O–H groups in total. The van der Waals surface area contributed by atoms with Crippen LogP contribution in [0.4, 0.5) is 11.6 Å². The average Bonchev–Trinajstić information content (AvgIpc) is 3.37. The van der Waals surface area contributed by atoms with Crippen molar-refractivity contribution in [1.82, 2.24) is 20.5 Å². The number of nitrogens with zero attached hydrogens (tertiary/aromatic N) is 4. The quantitative estimate of drug-likeness (QED) is 0.359. The number of ether oxygens (including phenoxy) is 1. The van der Waals surface area contributed by atoms with Crippen LogP contribution in [0.2, 0.25) is 0 Å². The summed E-state index contributed by atoms with van der Waals surface area (Å²) in [6, 6.07) is 13.3. The fraction of sp³-hybridized carbons (Fsp3) is 0.346. The molecular formula is C26H30N6OSe. The molecule has 1 aromatic carbocycles. The molecule has 1 aliphatic rings. The van der Waals surface area contributed by atoms with Gasteiger partial charge in [0, 0.05) is 0 Å². The van der Waals surface area contributed by atoms with Crippen molar-refractivity contribution in [3.8, 4) is 11.1 Å². The van der Waals surface area contributed by atoms with E-state index in [4.69, 9.17) is 9.72 Å². The molecule has 0 amide bonds. The molecule has 0 aliphatic carbocycles. The standard InChI is InChI=1S/C26H30N6OSe/c1-17-23-15-28-25(32-8-10-33-11-9-32)13-22(23)26(31-30-17)29-18(2)24-12-20(16-34-24)21-7-5-4-6-19(21)14-27-3/h4-7,12-13,15-16,18,27H,8-11,14H2,1-3H3,(H,29,31)/t18-/m1/s1. The molecular weight excluding hydrogens is 491 g/mol. The molecule has 4 aromatic rings. The Bertz CT molecular complexity index is 1280. The fourth-order valence-electron chi connectivity index (χ4n) is 4.38. The van der Waals surface area contributed by atoms with Crippen LogP contribution in [0.25, 0.3) is 21.9 Å². The third kappa shape index (κ3) is 4.72. The summed E-state index contributed by atoms with van der Waals surface area (Å²) in [6.07, 6.45) is 1.93. The Morgan fingerprint density at radius 3 is 2.76 bits per heavy atom. The normalized spacial score (nSPS) is 15.0. The second kappa shape index (κ2) is 10.2. The molecule has 0 radical (unpaired) electrons. The van der Waals surface area contributed by atoms with Gasteiger partial charge in [0.2, 0.25) is 0 Å². The zero-order valence-corrected chi connectivity index (χ0v) is 21.6. The minimum absolute atomic E-state index is 0.158. The maximum atomic E-state index is 5.51. The Balaban J connectivity index is 1.43. The van der Waals surface area contributed by atoms with Gasteiger partial charge in [-0.3, -0.25) is 0 Å². The summed E-state index contributed by atoms with van der Waals surface area (Å²) < 4.78 is 6.91. The Kier molecular flexibility index (Phi) is 6.92. The van der Waals surface area contributed by atoms with Gasteiger partial charge in [-0.1, -0.05) is 0 Å². The number of anilines is 2.